The van der Waals surface area contributed by atoms with E-state index in [0.717, 1.165) is 12.8 Å². The van der Waals surface area contributed by atoms with Crippen LogP contribution >= 0.6 is 0 Å². The number of esters is 1. The Bertz CT molecular complexity index is 276. The summed E-state index contributed by atoms with van der Waals surface area (Å²) in [5, 5.41) is 12.6. The average molecular weight is 241 g/mol. The Balaban J connectivity index is 2.39. The molecule has 0 spiro atoms. The van der Waals surface area contributed by atoms with Crippen molar-refractivity contribution < 1.29 is 14.6 Å². The van der Waals surface area contributed by atoms with Crippen LogP contribution in [0.5, 0.6) is 0 Å². The normalized spacial score (nSPS) is 25.0. The minimum Gasteiger partial charge on any atom is -0.466 e. The smallest absolute Gasteiger partial charge is 0.333 e. The van der Waals surface area contributed by atoms with Crippen LogP contribution in [0.3, 0.4) is 0 Å². The van der Waals surface area contributed by atoms with Crippen molar-refractivity contribution in [2.75, 3.05) is 20.3 Å². The Morgan fingerprint density at radius 2 is 2.29 bits per heavy atom. The van der Waals surface area contributed by atoms with Crippen LogP contribution in [0.1, 0.15) is 32.6 Å². The van der Waals surface area contributed by atoms with Crippen molar-refractivity contribution in [3.05, 3.63) is 11.6 Å². The number of carbonyl (C=O) groups excluding carboxylic acids is 1. The lowest BCUT2D eigenvalue weighted by Gasteiger charge is -2.18. The fourth-order valence-corrected chi connectivity index (χ4v) is 2.36. The van der Waals surface area contributed by atoms with Crippen molar-refractivity contribution in [3.8, 4) is 0 Å². The number of rotatable bonds is 6. The van der Waals surface area contributed by atoms with Crippen LogP contribution in [0.15, 0.2) is 11.6 Å². The largest absolute Gasteiger partial charge is 0.466 e. The van der Waals surface area contributed by atoms with Crippen molar-refractivity contribution in [2.45, 2.75) is 38.6 Å². The van der Waals surface area contributed by atoms with Gasteiger partial charge in [0, 0.05) is 24.8 Å². The maximum atomic E-state index is 11.3. The van der Waals surface area contributed by atoms with E-state index in [1.165, 1.54) is 13.5 Å². The van der Waals surface area contributed by atoms with E-state index in [-0.39, 0.29) is 12.6 Å². The summed E-state index contributed by atoms with van der Waals surface area (Å²) in [4.78, 5) is 11.3. The van der Waals surface area contributed by atoms with E-state index in [1.807, 2.05) is 13.0 Å². The van der Waals surface area contributed by atoms with Crippen molar-refractivity contribution >= 4 is 5.97 Å². The molecule has 0 saturated heterocycles. The first-order valence-electron chi connectivity index (χ1n) is 6.34. The average Bonchev–Trinajstić information content (AvgIpc) is 2.81. The summed E-state index contributed by atoms with van der Waals surface area (Å²) in [5.41, 5.74) is 0.707. The number of nitrogens with one attached hydrogen (secondary N) is 1. The molecule has 0 amide bonds. The number of hydrogen-bond acceptors (Lipinski definition) is 4. The van der Waals surface area contributed by atoms with Gasteiger partial charge in [0.1, 0.15) is 0 Å². The third-order valence-electron chi connectivity index (χ3n) is 3.45. The second-order valence-electron chi connectivity index (χ2n) is 4.46. The second-order valence-corrected chi connectivity index (χ2v) is 4.46. The Labute approximate surface area is 103 Å². The number of aliphatic hydroxyl groups excluding tert-OH is 1. The van der Waals surface area contributed by atoms with Crippen LogP contribution in [-0.2, 0) is 9.53 Å². The predicted molar refractivity (Wildman–Crippen MR) is 66.6 cm³/mol. The van der Waals surface area contributed by atoms with Gasteiger partial charge in [0.05, 0.1) is 7.11 Å². The highest BCUT2D eigenvalue weighted by atomic mass is 16.5. The quantitative estimate of drug-likeness (QED) is 0.543. The second kappa shape index (κ2) is 7.45. The molecule has 2 unspecified atom stereocenters. The van der Waals surface area contributed by atoms with Gasteiger partial charge < -0.3 is 15.2 Å². The molecule has 17 heavy (non-hydrogen) atoms. The third-order valence-corrected chi connectivity index (χ3v) is 3.45. The van der Waals surface area contributed by atoms with Gasteiger partial charge in [0.2, 0.25) is 0 Å². The topological polar surface area (TPSA) is 58.6 Å². The van der Waals surface area contributed by atoms with Crippen molar-refractivity contribution in [1.29, 1.82) is 0 Å². The van der Waals surface area contributed by atoms with E-state index in [1.54, 1.807) is 0 Å². The molecule has 4 nitrogen and oxygen atoms in total. The highest BCUT2D eigenvalue weighted by Crippen LogP contribution is 2.24. The van der Waals surface area contributed by atoms with Crippen LogP contribution in [0.2, 0.25) is 0 Å². The van der Waals surface area contributed by atoms with Crippen molar-refractivity contribution in [2.24, 2.45) is 5.92 Å². The van der Waals surface area contributed by atoms with Crippen LogP contribution in [0, 0.1) is 5.92 Å². The summed E-state index contributed by atoms with van der Waals surface area (Å²) >= 11 is 0. The molecule has 4 heteroatoms. The highest BCUT2D eigenvalue weighted by molar-refractivity contribution is 5.88. The fraction of sp³-hybridized carbons (Fsp3) is 0.769. The number of carbonyl (C=O) groups is 1. The van der Waals surface area contributed by atoms with Gasteiger partial charge in [-0.05, 0) is 25.2 Å². The zero-order chi connectivity index (χ0) is 12.7. The SMILES string of the molecule is CCC(=CCNC1CCCC1CO)C(=O)OC. The molecule has 0 heterocycles. The molecule has 2 atom stereocenters. The van der Waals surface area contributed by atoms with E-state index < -0.39 is 0 Å². The first-order chi connectivity index (χ1) is 8.22. The predicted octanol–water partition coefficient (Wildman–Crippen LogP) is 1.25. The fourth-order valence-electron chi connectivity index (χ4n) is 2.36. The molecule has 1 fully saturated rings. The summed E-state index contributed by atoms with van der Waals surface area (Å²) in [6, 6.07) is 0.381. The zero-order valence-electron chi connectivity index (χ0n) is 10.7. The molecule has 98 valence electrons. The summed E-state index contributed by atoms with van der Waals surface area (Å²) in [6.07, 6.45) is 5.94. The monoisotopic (exact) mass is 241 g/mol. The van der Waals surface area contributed by atoms with Crippen LogP contribution in [-0.4, -0.2) is 37.4 Å². The van der Waals surface area contributed by atoms with Gasteiger partial charge in [-0.2, -0.15) is 0 Å². The molecule has 0 bridgehead atoms. The molecule has 1 rings (SSSR count). The van der Waals surface area contributed by atoms with Crippen molar-refractivity contribution in [3.63, 3.8) is 0 Å². The molecular formula is C13H23NO3. The highest BCUT2D eigenvalue weighted by Gasteiger charge is 2.25. The molecule has 1 aliphatic carbocycles. The first-order valence-corrected chi connectivity index (χ1v) is 6.34. The molecule has 1 aliphatic rings. The van der Waals surface area contributed by atoms with Gasteiger partial charge in [0.15, 0.2) is 0 Å². The standard InChI is InChI=1S/C13H23NO3/c1-3-10(13(16)17-2)7-8-14-12-6-4-5-11(12)9-15/h7,11-12,14-15H,3-6,8-9H2,1-2H3. The summed E-state index contributed by atoms with van der Waals surface area (Å²) in [7, 11) is 1.40. The van der Waals surface area contributed by atoms with Gasteiger partial charge in [-0.15, -0.1) is 0 Å². The molecule has 2 N–H and O–H groups in total. The van der Waals surface area contributed by atoms with Gasteiger partial charge in [-0.3, -0.25) is 0 Å². The third kappa shape index (κ3) is 4.13. The van der Waals surface area contributed by atoms with Crippen LogP contribution in [0.25, 0.3) is 0 Å². The maximum absolute atomic E-state index is 11.3. The van der Waals surface area contributed by atoms with E-state index in [9.17, 15) is 9.90 Å². The van der Waals surface area contributed by atoms with Crippen LogP contribution in [0.4, 0.5) is 0 Å². The lowest BCUT2D eigenvalue weighted by atomic mass is 10.1. The lowest BCUT2D eigenvalue weighted by Crippen LogP contribution is -2.34. The van der Waals surface area contributed by atoms with E-state index in [4.69, 9.17) is 4.74 Å². The Kier molecular flexibility index (Phi) is 6.22. The summed E-state index contributed by atoms with van der Waals surface area (Å²) < 4.78 is 4.69. The van der Waals surface area contributed by atoms with Gasteiger partial charge in [-0.25, -0.2) is 4.79 Å². The zero-order valence-corrected chi connectivity index (χ0v) is 10.7. The Morgan fingerprint density at radius 3 is 2.88 bits per heavy atom. The maximum Gasteiger partial charge on any atom is 0.333 e. The molecule has 0 aliphatic heterocycles. The van der Waals surface area contributed by atoms with Crippen LogP contribution < -0.4 is 5.32 Å². The van der Waals surface area contributed by atoms with Gasteiger partial charge in [-0.1, -0.05) is 19.4 Å². The molecule has 1 saturated carbocycles. The number of ether oxygens (including phenoxy) is 1. The minimum absolute atomic E-state index is 0.249. The van der Waals surface area contributed by atoms with Gasteiger partial charge >= 0.3 is 5.97 Å². The van der Waals surface area contributed by atoms with Gasteiger partial charge in [0.25, 0.3) is 0 Å². The molecular weight excluding hydrogens is 218 g/mol. The van der Waals surface area contributed by atoms with E-state index in [2.05, 4.69) is 5.32 Å². The number of hydrogen-bond donors (Lipinski definition) is 2. The number of aliphatic hydroxyl groups is 1. The Hall–Kier alpha value is -0.870. The molecule has 0 radical (unpaired) electrons. The molecule has 0 aromatic rings. The lowest BCUT2D eigenvalue weighted by molar-refractivity contribution is -0.136. The van der Waals surface area contributed by atoms with E-state index >= 15 is 0 Å². The summed E-state index contributed by atoms with van der Waals surface area (Å²) in [5.74, 6) is 0.117. The van der Waals surface area contributed by atoms with Crippen molar-refractivity contribution in [1.82, 2.24) is 5.32 Å². The minimum atomic E-state index is -0.251. The molecule has 0 aromatic heterocycles. The van der Waals surface area contributed by atoms with E-state index in [0.29, 0.717) is 30.5 Å². The first kappa shape index (κ1) is 14.2. The number of methoxy groups -OCH3 is 1. The summed E-state index contributed by atoms with van der Waals surface area (Å²) in [6.45, 7) is 2.85. The Morgan fingerprint density at radius 1 is 1.53 bits per heavy atom. The molecule has 0 aromatic carbocycles.